The maximum Gasteiger partial charge on any atom is 0.342 e. The Bertz CT molecular complexity index is 1040. The number of carbonyl (C=O) groups excluding carboxylic acids is 2. The van der Waals surface area contributed by atoms with Crippen molar-refractivity contribution in [2.75, 3.05) is 11.9 Å². The fourth-order valence-electron chi connectivity index (χ4n) is 2.72. The third kappa shape index (κ3) is 4.78. The highest BCUT2D eigenvalue weighted by Gasteiger charge is 2.23. The van der Waals surface area contributed by atoms with Crippen molar-refractivity contribution >= 4 is 29.2 Å². The summed E-state index contributed by atoms with van der Waals surface area (Å²) in [5, 5.41) is 6.76. The predicted molar refractivity (Wildman–Crippen MR) is 106 cm³/mol. The van der Waals surface area contributed by atoms with Crippen molar-refractivity contribution in [3.8, 4) is 5.82 Å². The second kappa shape index (κ2) is 8.83. The van der Waals surface area contributed by atoms with Crippen LogP contribution >= 0.6 is 11.6 Å². The Kier molecular flexibility index (Phi) is 6.23. The van der Waals surface area contributed by atoms with Gasteiger partial charge < -0.3 is 10.1 Å². The highest BCUT2D eigenvalue weighted by atomic mass is 35.5. The predicted octanol–water partition coefficient (Wildman–Crippen LogP) is 3.98. The average molecular weight is 417 g/mol. The highest BCUT2D eigenvalue weighted by molar-refractivity contribution is 6.33. The molecule has 0 aliphatic rings. The van der Waals surface area contributed by atoms with E-state index in [1.807, 2.05) is 19.9 Å². The molecule has 1 amide bonds. The third-order valence-corrected chi connectivity index (χ3v) is 4.29. The van der Waals surface area contributed by atoms with Gasteiger partial charge in [-0.15, -0.1) is 0 Å². The van der Waals surface area contributed by atoms with Crippen LogP contribution < -0.4 is 5.32 Å². The molecule has 0 unspecified atom stereocenters. The number of hydrogen-bond acceptors (Lipinski definition) is 5. The third-order valence-electron chi connectivity index (χ3n) is 3.98. The molecule has 0 fully saturated rings. The zero-order valence-corrected chi connectivity index (χ0v) is 16.5. The first-order valence-corrected chi connectivity index (χ1v) is 9.16. The second-order valence-electron chi connectivity index (χ2n) is 6.45. The van der Waals surface area contributed by atoms with Gasteiger partial charge in [-0.3, -0.25) is 4.79 Å². The van der Waals surface area contributed by atoms with Gasteiger partial charge in [-0.25, -0.2) is 18.9 Å². The molecule has 0 atom stereocenters. The Morgan fingerprint density at radius 1 is 1.28 bits per heavy atom. The lowest BCUT2D eigenvalue weighted by Gasteiger charge is -2.12. The molecular formula is C20H18ClFN4O3. The lowest BCUT2D eigenvalue weighted by Crippen LogP contribution is -2.21. The van der Waals surface area contributed by atoms with Crippen molar-refractivity contribution in [1.29, 1.82) is 0 Å². The Balaban J connectivity index is 1.71. The number of aromatic nitrogens is 3. The lowest BCUT2D eigenvalue weighted by molar-refractivity contribution is -0.119. The van der Waals surface area contributed by atoms with Gasteiger partial charge in [-0.1, -0.05) is 31.5 Å². The van der Waals surface area contributed by atoms with Crippen LogP contribution in [0.2, 0.25) is 5.02 Å². The van der Waals surface area contributed by atoms with E-state index in [0.29, 0.717) is 11.5 Å². The maximum absolute atomic E-state index is 13.1. The number of pyridine rings is 1. The zero-order valence-electron chi connectivity index (χ0n) is 15.7. The Morgan fingerprint density at radius 3 is 2.72 bits per heavy atom. The molecule has 0 radical (unpaired) electrons. The van der Waals surface area contributed by atoms with Crippen LogP contribution in [-0.4, -0.2) is 33.2 Å². The molecule has 3 rings (SSSR count). The number of ether oxygens (including phenoxy) is 1. The summed E-state index contributed by atoms with van der Waals surface area (Å²) in [4.78, 5) is 28.8. The molecule has 0 spiro atoms. The van der Waals surface area contributed by atoms with Crippen molar-refractivity contribution in [1.82, 2.24) is 14.8 Å². The topological polar surface area (TPSA) is 86.1 Å². The molecule has 0 aliphatic heterocycles. The Morgan fingerprint density at radius 2 is 2.07 bits per heavy atom. The van der Waals surface area contributed by atoms with Crippen molar-refractivity contribution in [2.45, 2.75) is 19.8 Å². The quantitative estimate of drug-likeness (QED) is 0.614. The van der Waals surface area contributed by atoms with Crippen LogP contribution in [0.1, 0.15) is 35.8 Å². The molecule has 7 nitrogen and oxygen atoms in total. The minimum absolute atomic E-state index is 0.0448. The average Bonchev–Trinajstić information content (AvgIpc) is 3.14. The first-order valence-electron chi connectivity index (χ1n) is 8.78. The Labute approximate surface area is 171 Å². The fraction of sp³-hybridized carbons (Fsp3) is 0.200. The number of nitrogens with zero attached hydrogens (tertiary/aromatic N) is 3. The number of carbonyl (C=O) groups is 2. The van der Waals surface area contributed by atoms with Gasteiger partial charge in [0.25, 0.3) is 5.91 Å². The number of nitrogens with one attached hydrogen (secondary N) is 1. The van der Waals surface area contributed by atoms with Gasteiger partial charge in [0.1, 0.15) is 11.4 Å². The van der Waals surface area contributed by atoms with E-state index in [0.717, 1.165) is 12.1 Å². The summed E-state index contributed by atoms with van der Waals surface area (Å²) in [6, 6.07) is 8.93. The van der Waals surface area contributed by atoms with Crippen molar-refractivity contribution in [3.63, 3.8) is 0 Å². The summed E-state index contributed by atoms with van der Waals surface area (Å²) < 4.78 is 19.8. The number of amides is 1. The smallest absolute Gasteiger partial charge is 0.342 e. The minimum atomic E-state index is -0.684. The molecular weight excluding hydrogens is 399 g/mol. The molecule has 2 heterocycles. The van der Waals surface area contributed by atoms with Gasteiger partial charge in [-0.2, -0.15) is 5.10 Å². The van der Waals surface area contributed by atoms with Gasteiger partial charge >= 0.3 is 5.97 Å². The number of esters is 1. The van der Waals surface area contributed by atoms with Gasteiger partial charge in [0.15, 0.2) is 12.4 Å². The molecule has 0 saturated carbocycles. The summed E-state index contributed by atoms with van der Waals surface area (Å²) in [6.45, 7) is 3.30. The van der Waals surface area contributed by atoms with E-state index in [4.69, 9.17) is 16.3 Å². The van der Waals surface area contributed by atoms with Crippen molar-refractivity contribution in [3.05, 3.63) is 70.9 Å². The largest absolute Gasteiger partial charge is 0.452 e. The van der Waals surface area contributed by atoms with E-state index in [9.17, 15) is 14.0 Å². The normalized spacial score (nSPS) is 10.8. The number of benzene rings is 1. The fourth-order valence-corrected chi connectivity index (χ4v) is 2.93. The molecule has 29 heavy (non-hydrogen) atoms. The first kappa shape index (κ1) is 20.5. The number of anilines is 1. The zero-order chi connectivity index (χ0) is 21.0. The molecule has 2 aromatic heterocycles. The molecule has 0 aliphatic carbocycles. The molecule has 150 valence electrons. The van der Waals surface area contributed by atoms with E-state index in [1.165, 1.54) is 12.3 Å². The second-order valence-corrected chi connectivity index (χ2v) is 6.85. The maximum atomic E-state index is 13.1. The lowest BCUT2D eigenvalue weighted by atomic mass is 10.1. The number of hydrogen-bond donors (Lipinski definition) is 1. The van der Waals surface area contributed by atoms with Gasteiger partial charge in [0.05, 0.1) is 22.6 Å². The van der Waals surface area contributed by atoms with E-state index in [-0.39, 0.29) is 22.2 Å². The molecule has 1 N–H and O–H groups in total. The highest BCUT2D eigenvalue weighted by Crippen LogP contribution is 2.24. The standard InChI is InChI=1S/C20H18ClFN4O3/c1-12(2)19-14(10-24-26(19)17-5-3-4-8-23-17)20(28)29-11-18(27)25-16-7-6-13(22)9-15(16)21/h3-10,12H,11H2,1-2H3,(H,25,27). The molecule has 0 bridgehead atoms. The van der Waals surface area contributed by atoms with Crippen LogP contribution in [0.4, 0.5) is 10.1 Å². The molecule has 1 aromatic carbocycles. The van der Waals surface area contributed by atoms with E-state index in [1.54, 1.807) is 23.0 Å². The van der Waals surface area contributed by atoms with Crippen LogP contribution in [0.3, 0.4) is 0 Å². The molecule has 3 aromatic rings. The molecule has 0 saturated heterocycles. The van der Waals surface area contributed by atoms with Gasteiger partial charge in [0, 0.05) is 6.20 Å². The summed E-state index contributed by atoms with van der Waals surface area (Å²) in [5.74, 6) is -1.29. The molecule has 9 heteroatoms. The summed E-state index contributed by atoms with van der Waals surface area (Å²) in [7, 11) is 0. The van der Waals surface area contributed by atoms with Gasteiger partial charge in [-0.05, 0) is 36.2 Å². The Hall–Kier alpha value is -3.26. The van der Waals surface area contributed by atoms with Gasteiger partial charge in [0.2, 0.25) is 0 Å². The van der Waals surface area contributed by atoms with E-state index < -0.39 is 24.3 Å². The van der Waals surface area contributed by atoms with Crippen LogP contribution in [0, 0.1) is 5.82 Å². The van der Waals surface area contributed by atoms with Crippen molar-refractivity contribution < 1.29 is 18.7 Å². The van der Waals surface area contributed by atoms with Crippen LogP contribution in [-0.2, 0) is 9.53 Å². The minimum Gasteiger partial charge on any atom is -0.452 e. The van der Waals surface area contributed by atoms with Crippen LogP contribution in [0.5, 0.6) is 0 Å². The first-order chi connectivity index (χ1) is 13.9. The van der Waals surface area contributed by atoms with Crippen LogP contribution in [0.15, 0.2) is 48.8 Å². The SMILES string of the molecule is CC(C)c1c(C(=O)OCC(=O)Nc2ccc(F)cc2Cl)cnn1-c1ccccn1. The number of halogens is 2. The summed E-state index contributed by atoms with van der Waals surface area (Å²) >= 11 is 5.87. The summed E-state index contributed by atoms with van der Waals surface area (Å²) in [5.41, 5.74) is 1.09. The van der Waals surface area contributed by atoms with Crippen molar-refractivity contribution in [2.24, 2.45) is 0 Å². The van der Waals surface area contributed by atoms with E-state index in [2.05, 4.69) is 15.4 Å². The monoisotopic (exact) mass is 416 g/mol. The van der Waals surface area contributed by atoms with E-state index >= 15 is 0 Å². The van der Waals surface area contributed by atoms with Crippen LogP contribution in [0.25, 0.3) is 5.82 Å². The number of rotatable bonds is 6. The summed E-state index contributed by atoms with van der Waals surface area (Å²) in [6.07, 6.45) is 3.02.